The Kier molecular flexibility index (Phi) is 3.39. The molecule has 116 valence electrons. The Hall–Kier alpha value is -1.85. The van der Waals surface area contributed by atoms with E-state index in [1.165, 1.54) is 0 Å². The van der Waals surface area contributed by atoms with Gasteiger partial charge in [0.05, 0.1) is 12.1 Å². The minimum Gasteiger partial charge on any atom is -0.376 e. The number of hydrogen-bond donors (Lipinski definition) is 2. The van der Waals surface area contributed by atoms with Crippen LogP contribution < -0.4 is 5.73 Å². The van der Waals surface area contributed by atoms with E-state index in [4.69, 9.17) is 10.5 Å². The highest BCUT2D eigenvalue weighted by molar-refractivity contribution is 5.86. The van der Waals surface area contributed by atoms with E-state index in [0.717, 1.165) is 35.9 Å². The number of aromatic nitrogens is 1. The largest absolute Gasteiger partial charge is 0.376 e. The number of likely N-dealkylation sites (tertiary alicyclic amines) is 1. The maximum atomic E-state index is 12.4. The number of fused-ring (bicyclic) bond motifs is 1. The van der Waals surface area contributed by atoms with Gasteiger partial charge in [-0.25, -0.2) is 0 Å². The average molecular weight is 299 g/mol. The number of carbonyl (C=O) groups excluding carboxylic acids is 1. The van der Waals surface area contributed by atoms with Gasteiger partial charge in [-0.15, -0.1) is 0 Å². The number of hydrogen-bond acceptors (Lipinski definition) is 3. The van der Waals surface area contributed by atoms with Crippen molar-refractivity contribution in [2.75, 3.05) is 13.2 Å². The molecular formula is C17H21N3O2. The molecule has 1 aromatic carbocycles. The number of H-pyrrole nitrogens is 1. The lowest BCUT2D eigenvalue weighted by atomic mass is 10.00. The normalized spacial score (nSPS) is 28.9. The summed E-state index contributed by atoms with van der Waals surface area (Å²) in [4.78, 5) is 17.6. The highest BCUT2D eigenvalue weighted by Crippen LogP contribution is 2.36. The number of rotatable bonds is 3. The Morgan fingerprint density at radius 3 is 3.05 bits per heavy atom. The number of nitrogens with zero attached hydrogens (tertiary/aromatic N) is 1. The average Bonchev–Trinajstić information content (AvgIpc) is 3.21. The summed E-state index contributed by atoms with van der Waals surface area (Å²) in [6.45, 7) is 1.45. The minimum absolute atomic E-state index is 0.0622. The van der Waals surface area contributed by atoms with Gasteiger partial charge < -0.3 is 20.4 Å². The summed E-state index contributed by atoms with van der Waals surface area (Å²) in [6.07, 6.45) is 4.67. The standard InChI is InChI=1S/C17H21N3O2/c18-14-8-16(21)20(10-11-4-3-7-22-11)17(14)13-9-19-15-6-2-1-5-12(13)15/h1-2,5-6,9,11,14,17,19H,3-4,7-8,10,18H2. The second-order valence-electron chi connectivity index (χ2n) is 6.28. The Morgan fingerprint density at radius 2 is 2.23 bits per heavy atom. The molecule has 22 heavy (non-hydrogen) atoms. The van der Waals surface area contributed by atoms with Crippen LogP contribution in [0, 0.1) is 0 Å². The minimum atomic E-state index is -0.159. The molecule has 2 aliphatic heterocycles. The van der Waals surface area contributed by atoms with Gasteiger partial charge in [0.1, 0.15) is 0 Å². The van der Waals surface area contributed by atoms with Crippen LogP contribution in [0.25, 0.3) is 10.9 Å². The highest BCUT2D eigenvalue weighted by atomic mass is 16.5. The summed E-state index contributed by atoms with van der Waals surface area (Å²) in [5.74, 6) is 0.137. The van der Waals surface area contributed by atoms with Crippen molar-refractivity contribution in [3.63, 3.8) is 0 Å². The van der Waals surface area contributed by atoms with E-state index in [0.29, 0.717) is 13.0 Å². The first kappa shape index (κ1) is 13.8. The van der Waals surface area contributed by atoms with E-state index in [1.54, 1.807) is 0 Å². The van der Waals surface area contributed by atoms with Gasteiger partial charge in [-0.3, -0.25) is 4.79 Å². The second kappa shape index (κ2) is 5.41. The van der Waals surface area contributed by atoms with Crippen LogP contribution in [0.15, 0.2) is 30.5 Å². The van der Waals surface area contributed by atoms with Crippen molar-refractivity contribution < 1.29 is 9.53 Å². The molecule has 1 amide bonds. The van der Waals surface area contributed by atoms with Gasteiger partial charge in [0.2, 0.25) is 5.91 Å². The fraction of sp³-hybridized carbons (Fsp3) is 0.471. The van der Waals surface area contributed by atoms with Crippen LogP contribution in [-0.4, -0.2) is 41.1 Å². The number of para-hydroxylation sites is 1. The predicted molar refractivity (Wildman–Crippen MR) is 84.3 cm³/mol. The van der Waals surface area contributed by atoms with Crippen molar-refractivity contribution in [1.82, 2.24) is 9.88 Å². The molecular weight excluding hydrogens is 278 g/mol. The Bertz CT molecular complexity index is 690. The fourth-order valence-electron chi connectivity index (χ4n) is 3.78. The quantitative estimate of drug-likeness (QED) is 0.910. The first-order chi connectivity index (χ1) is 10.7. The van der Waals surface area contributed by atoms with Crippen molar-refractivity contribution in [1.29, 1.82) is 0 Å². The third-order valence-electron chi connectivity index (χ3n) is 4.84. The zero-order chi connectivity index (χ0) is 15.1. The number of amides is 1. The number of aromatic amines is 1. The predicted octanol–water partition coefficient (Wildman–Crippen LogP) is 1.95. The topological polar surface area (TPSA) is 71.3 Å². The number of nitrogens with two attached hydrogens (primary N) is 1. The SMILES string of the molecule is NC1CC(=O)N(CC2CCCO2)C1c1c[nH]c2ccccc12. The second-order valence-corrected chi connectivity index (χ2v) is 6.28. The molecule has 2 fully saturated rings. The van der Waals surface area contributed by atoms with Gasteiger partial charge in [-0.05, 0) is 18.9 Å². The van der Waals surface area contributed by atoms with Crippen LogP contribution in [0.3, 0.4) is 0 Å². The van der Waals surface area contributed by atoms with Gasteiger partial charge in [0, 0.05) is 48.3 Å². The molecule has 0 saturated carbocycles. The molecule has 5 heteroatoms. The molecule has 0 aliphatic carbocycles. The van der Waals surface area contributed by atoms with Crippen molar-refractivity contribution in [3.05, 3.63) is 36.0 Å². The molecule has 3 atom stereocenters. The van der Waals surface area contributed by atoms with E-state index in [9.17, 15) is 4.79 Å². The van der Waals surface area contributed by atoms with E-state index < -0.39 is 0 Å². The van der Waals surface area contributed by atoms with Crippen molar-refractivity contribution in [2.24, 2.45) is 5.73 Å². The Labute approximate surface area is 129 Å². The van der Waals surface area contributed by atoms with Crippen LogP contribution in [0.5, 0.6) is 0 Å². The fourth-order valence-corrected chi connectivity index (χ4v) is 3.78. The number of ether oxygens (including phenoxy) is 1. The van der Waals surface area contributed by atoms with Crippen LogP contribution in [0.1, 0.15) is 30.9 Å². The van der Waals surface area contributed by atoms with Crippen LogP contribution >= 0.6 is 0 Å². The lowest BCUT2D eigenvalue weighted by Crippen LogP contribution is -2.37. The first-order valence-corrected chi connectivity index (χ1v) is 7.96. The van der Waals surface area contributed by atoms with Crippen LogP contribution in [-0.2, 0) is 9.53 Å². The number of carbonyl (C=O) groups is 1. The summed E-state index contributed by atoms with van der Waals surface area (Å²) >= 11 is 0. The zero-order valence-electron chi connectivity index (χ0n) is 12.5. The van der Waals surface area contributed by atoms with Gasteiger partial charge in [0.15, 0.2) is 0 Å². The lowest BCUT2D eigenvalue weighted by Gasteiger charge is -2.29. The summed E-state index contributed by atoms with van der Waals surface area (Å²) < 4.78 is 5.71. The first-order valence-electron chi connectivity index (χ1n) is 7.96. The molecule has 5 nitrogen and oxygen atoms in total. The Morgan fingerprint density at radius 1 is 1.36 bits per heavy atom. The molecule has 3 N–H and O–H groups in total. The van der Waals surface area contributed by atoms with Crippen molar-refractivity contribution >= 4 is 16.8 Å². The molecule has 1 aromatic heterocycles. The number of nitrogens with one attached hydrogen (secondary N) is 1. The molecule has 0 radical (unpaired) electrons. The number of benzene rings is 1. The molecule has 3 heterocycles. The van der Waals surface area contributed by atoms with E-state index >= 15 is 0 Å². The summed E-state index contributed by atoms with van der Waals surface area (Å²) in [5, 5.41) is 1.15. The van der Waals surface area contributed by atoms with Crippen molar-refractivity contribution in [3.8, 4) is 0 Å². The molecule has 2 aromatic rings. The lowest BCUT2D eigenvalue weighted by molar-refractivity contribution is -0.130. The van der Waals surface area contributed by atoms with Gasteiger partial charge in [0.25, 0.3) is 0 Å². The maximum absolute atomic E-state index is 12.4. The van der Waals surface area contributed by atoms with Gasteiger partial charge in [-0.1, -0.05) is 18.2 Å². The monoisotopic (exact) mass is 299 g/mol. The molecule has 0 bridgehead atoms. The van der Waals surface area contributed by atoms with Crippen molar-refractivity contribution in [2.45, 2.75) is 37.5 Å². The van der Waals surface area contributed by atoms with E-state index in [1.807, 2.05) is 29.3 Å². The molecule has 2 saturated heterocycles. The maximum Gasteiger partial charge on any atom is 0.224 e. The molecule has 2 aliphatic rings. The van der Waals surface area contributed by atoms with E-state index in [-0.39, 0.29) is 24.1 Å². The van der Waals surface area contributed by atoms with Gasteiger partial charge in [-0.2, -0.15) is 0 Å². The summed E-state index contributed by atoms with van der Waals surface area (Å²) in [6, 6.07) is 7.94. The molecule has 3 unspecified atom stereocenters. The van der Waals surface area contributed by atoms with E-state index in [2.05, 4.69) is 11.1 Å². The zero-order valence-corrected chi connectivity index (χ0v) is 12.5. The highest BCUT2D eigenvalue weighted by Gasteiger charge is 2.41. The third kappa shape index (κ3) is 2.21. The smallest absolute Gasteiger partial charge is 0.224 e. The summed E-state index contributed by atoms with van der Waals surface area (Å²) in [5.41, 5.74) is 8.50. The molecule has 0 spiro atoms. The van der Waals surface area contributed by atoms with Crippen LogP contribution in [0.2, 0.25) is 0 Å². The Balaban J connectivity index is 1.68. The van der Waals surface area contributed by atoms with Crippen LogP contribution in [0.4, 0.5) is 0 Å². The third-order valence-corrected chi connectivity index (χ3v) is 4.84. The molecule has 4 rings (SSSR count). The van der Waals surface area contributed by atoms with Gasteiger partial charge >= 0.3 is 0 Å². The summed E-state index contributed by atoms with van der Waals surface area (Å²) in [7, 11) is 0.